The Bertz CT molecular complexity index is 48.5. The van der Waals surface area contributed by atoms with E-state index in [9.17, 15) is 0 Å². The lowest BCUT2D eigenvalue weighted by Crippen LogP contribution is -2.17. The first-order valence-electron chi connectivity index (χ1n) is 3.08. The van der Waals surface area contributed by atoms with Gasteiger partial charge in [-0.05, 0) is 12.8 Å². The topological polar surface area (TPSA) is 40.5 Å². The molecule has 0 spiro atoms. The molecule has 2 heteroatoms. The van der Waals surface area contributed by atoms with E-state index >= 15 is 0 Å². The van der Waals surface area contributed by atoms with E-state index in [0.717, 1.165) is 12.8 Å². The zero-order chi connectivity index (χ0) is 6.57. The van der Waals surface area contributed by atoms with Crippen LogP contribution in [0, 0.1) is 5.92 Å². The van der Waals surface area contributed by atoms with Gasteiger partial charge in [-0.2, -0.15) is 0 Å². The van der Waals surface area contributed by atoms with E-state index in [1.807, 2.05) is 13.8 Å². The largest absolute Gasteiger partial charge is 0.368 e. The van der Waals surface area contributed by atoms with Gasteiger partial charge in [-0.15, -0.1) is 0 Å². The SMILES string of the molecule is CCC(CC)C(O)O. The van der Waals surface area contributed by atoms with Crippen LogP contribution in [-0.4, -0.2) is 16.5 Å². The van der Waals surface area contributed by atoms with Crippen LogP contribution in [0.3, 0.4) is 0 Å². The van der Waals surface area contributed by atoms with E-state index < -0.39 is 6.29 Å². The fourth-order valence-corrected chi connectivity index (χ4v) is 0.710. The summed E-state index contributed by atoms with van der Waals surface area (Å²) >= 11 is 0. The molecule has 0 bridgehead atoms. The minimum atomic E-state index is -1.12. The van der Waals surface area contributed by atoms with Crippen molar-refractivity contribution in [2.45, 2.75) is 33.0 Å². The standard InChI is InChI=1S/C6H14O2/c1-3-5(4-2)6(7)8/h5-8H,3-4H2,1-2H3. The van der Waals surface area contributed by atoms with E-state index in [2.05, 4.69) is 0 Å². The van der Waals surface area contributed by atoms with Crippen LogP contribution in [-0.2, 0) is 0 Å². The lowest BCUT2D eigenvalue weighted by molar-refractivity contribution is -0.0853. The molecular weight excluding hydrogens is 104 g/mol. The van der Waals surface area contributed by atoms with Crippen molar-refractivity contribution in [2.24, 2.45) is 5.92 Å². The summed E-state index contributed by atoms with van der Waals surface area (Å²) in [6.45, 7) is 3.90. The second-order valence-corrected chi connectivity index (χ2v) is 1.99. The Kier molecular flexibility index (Phi) is 3.83. The maximum Gasteiger partial charge on any atom is 0.154 e. The molecule has 0 fully saturated rings. The Morgan fingerprint density at radius 2 is 1.50 bits per heavy atom. The van der Waals surface area contributed by atoms with Crippen molar-refractivity contribution in [3.8, 4) is 0 Å². The molecule has 0 aliphatic carbocycles. The summed E-state index contributed by atoms with van der Waals surface area (Å²) in [5.41, 5.74) is 0. The van der Waals surface area contributed by atoms with Crippen LogP contribution in [0.2, 0.25) is 0 Å². The quantitative estimate of drug-likeness (QED) is 0.536. The van der Waals surface area contributed by atoms with Gasteiger partial charge in [0, 0.05) is 5.92 Å². The average molecular weight is 118 g/mol. The molecule has 0 amide bonds. The first-order chi connectivity index (χ1) is 3.72. The minimum Gasteiger partial charge on any atom is -0.368 e. The molecule has 50 valence electrons. The van der Waals surface area contributed by atoms with Crippen molar-refractivity contribution in [1.82, 2.24) is 0 Å². The Morgan fingerprint density at radius 1 is 1.12 bits per heavy atom. The van der Waals surface area contributed by atoms with Gasteiger partial charge >= 0.3 is 0 Å². The summed E-state index contributed by atoms with van der Waals surface area (Å²) < 4.78 is 0. The predicted octanol–water partition coefficient (Wildman–Crippen LogP) is 0.733. The second kappa shape index (κ2) is 3.87. The molecule has 0 aromatic heterocycles. The normalized spacial score (nSPS) is 11.2. The van der Waals surface area contributed by atoms with Gasteiger partial charge in [-0.25, -0.2) is 0 Å². The summed E-state index contributed by atoms with van der Waals surface area (Å²) in [4.78, 5) is 0. The molecule has 2 nitrogen and oxygen atoms in total. The second-order valence-electron chi connectivity index (χ2n) is 1.99. The van der Waals surface area contributed by atoms with Crippen LogP contribution in [0.4, 0.5) is 0 Å². The molecule has 0 aromatic carbocycles. The van der Waals surface area contributed by atoms with Crippen molar-refractivity contribution in [3.63, 3.8) is 0 Å². The molecule has 0 rings (SSSR count). The van der Waals surface area contributed by atoms with Crippen molar-refractivity contribution in [2.75, 3.05) is 0 Å². The Hall–Kier alpha value is -0.0800. The molecule has 0 aliphatic heterocycles. The van der Waals surface area contributed by atoms with Crippen molar-refractivity contribution < 1.29 is 10.2 Å². The molecule has 0 aliphatic rings. The van der Waals surface area contributed by atoms with Crippen LogP contribution in [0.15, 0.2) is 0 Å². The van der Waals surface area contributed by atoms with Gasteiger partial charge in [0.1, 0.15) is 0 Å². The summed E-state index contributed by atoms with van der Waals surface area (Å²) in [6.07, 6.45) is 0.562. The highest BCUT2D eigenvalue weighted by Gasteiger charge is 2.09. The van der Waals surface area contributed by atoms with E-state index in [1.54, 1.807) is 0 Å². The molecule has 0 saturated carbocycles. The van der Waals surface area contributed by atoms with Gasteiger partial charge in [0.15, 0.2) is 6.29 Å². The zero-order valence-electron chi connectivity index (χ0n) is 5.46. The predicted molar refractivity (Wildman–Crippen MR) is 32.3 cm³/mol. The third-order valence-electron chi connectivity index (χ3n) is 1.47. The highest BCUT2D eigenvalue weighted by Crippen LogP contribution is 2.09. The van der Waals surface area contributed by atoms with Crippen molar-refractivity contribution in [3.05, 3.63) is 0 Å². The molecule has 0 saturated heterocycles. The first-order valence-corrected chi connectivity index (χ1v) is 3.08. The third-order valence-corrected chi connectivity index (χ3v) is 1.47. The number of rotatable bonds is 3. The van der Waals surface area contributed by atoms with Gasteiger partial charge < -0.3 is 10.2 Å². The maximum absolute atomic E-state index is 8.57. The summed E-state index contributed by atoms with van der Waals surface area (Å²) in [7, 11) is 0. The Labute approximate surface area is 50.2 Å². The van der Waals surface area contributed by atoms with Crippen molar-refractivity contribution >= 4 is 0 Å². The number of hydrogen-bond donors (Lipinski definition) is 2. The van der Waals surface area contributed by atoms with Crippen LogP contribution in [0.25, 0.3) is 0 Å². The lowest BCUT2D eigenvalue weighted by atomic mass is 10.0. The Morgan fingerprint density at radius 3 is 1.50 bits per heavy atom. The number of hydrogen-bond acceptors (Lipinski definition) is 2. The van der Waals surface area contributed by atoms with E-state index in [0.29, 0.717) is 0 Å². The van der Waals surface area contributed by atoms with E-state index in [4.69, 9.17) is 10.2 Å². The fourth-order valence-electron chi connectivity index (χ4n) is 0.710. The number of aliphatic hydroxyl groups is 2. The monoisotopic (exact) mass is 118 g/mol. The summed E-state index contributed by atoms with van der Waals surface area (Å²) in [6, 6.07) is 0. The van der Waals surface area contributed by atoms with Crippen LogP contribution in [0.1, 0.15) is 26.7 Å². The van der Waals surface area contributed by atoms with E-state index in [1.165, 1.54) is 0 Å². The highest BCUT2D eigenvalue weighted by molar-refractivity contribution is 4.53. The average Bonchev–Trinajstić information content (AvgIpc) is 1.69. The maximum atomic E-state index is 8.57. The molecule has 0 heterocycles. The molecule has 0 radical (unpaired) electrons. The molecule has 8 heavy (non-hydrogen) atoms. The van der Waals surface area contributed by atoms with Crippen LogP contribution < -0.4 is 0 Å². The van der Waals surface area contributed by atoms with Gasteiger partial charge in [-0.3, -0.25) is 0 Å². The molecule has 0 aromatic rings. The summed E-state index contributed by atoms with van der Waals surface area (Å²) in [5, 5.41) is 17.1. The number of aliphatic hydroxyl groups excluding tert-OH is 1. The molecule has 0 atom stereocenters. The zero-order valence-corrected chi connectivity index (χ0v) is 5.46. The summed E-state index contributed by atoms with van der Waals surface area (Å²) in [5.74, 6) is 0.0648. The highest BCUT2D eigenvalue weighted by atomic mass is 16.5. The fraction of sp³-hybridized carbons (Fsp3) is 1.00. The van der Waals surface area contributed by atoms with Gasteiger partial charge in [-0.1, -0.05) is 13.8 Å². The van der Waals surface area contributed by atoms with Crippen LogP contribution >= 0.6 is 0 Å². The van der Waals surface area contributed by atoms with Crippen molar-refractivity contribution in [1.29, 1.82) is 0 Å². The molecular formula is C6H14O2. The van der Waals surface area contributed by atoms with Crippen LogP contribution in [0.5, 0.6) is 0 Å². The third kappa shape index (κ3) is 2.28. The first kappa shape index (κ1) is 7.92. The molecule has 2 N–H and O–H groups in total. The lowest BCUT2D eigenvalue weighted by Gasteiger charge is -2.12. The smallest absolute Gasteiger partial charge is 0.154 e. The minimum absolute atomic E-state index is 0.0648. The Balaban J connectivity index is 3.35. The molecule has 0 unspecified atom stereocenters. The van der Waals surface area contributed by atoms with Gasteiger partial charge in [0.2, 0.25) is 0 Å². The van der Waals surface area contributed by atoms with E-state index in [-0.39, 0.29) is 5.92 Å². The van der Waals surface area contributed by atoms with Gasteiger partial charge in [0.05, 0.1) is 0 Å². The van der Waals surface area contributed by atoms with Gasteiger partial charge in [0.25, 0.3) is 0 Å².